The molecule has 0 spiro atoms. The lowest BCUT2D eigenvalue weighted by Gasteiger charge is -2.38. The summed E-state index contributed by atoms with van der Waals surface area (Å²) in [6.45, 7) is 10.7. The summed E-state index contributed by atoms with van der Waals surface area (Å²) < 4.78 is 5.16. The van der Waals surface area contributed by atoms with Crippen molar-refractivity contribution in [1.29, 1.82) is 0 Å². The highest BCUT2D eigenvalue weighted by atomic mass is 16.5. The van der Waals surface area contributed by atoms with Crippen LogP contribution in [0, 0.1) is 11.8 Å². The van der Waals surface area contributed by atoms with Gasteiger partial charge in [0.05, 0.1) is 7.11 Å². The van der Waals surface area contributed by atoms with Gasteiger partial charge >= 0.3 is 5.97 Å². The van der Waals surface area contributed by atoms with Crippen LogP contribution in [0.25, 0.3) is 0 Å². The van der Waals surface area contributed by atoms with Crippen molar-refractivity contribution in [3.05, 3.63) is 0 Å². The summed E-state index contributed by atoms with van der Waals surface area (Å²) in [7, 11) is 1.51. The minimum absolute atomic E-state index is 0.0829. The van der Waals surface area contributed by atoms with Gasteiger partial charge in [-0.25, -0.2) is 4.79 Å². The molecule has 2 rings (SSSR count). The number of nitrogens with one attached hydrogen (secondary N) is 1. The number of likely N-dealkylation sites (tertiary alicyclic amines) is 1. The average molecular weight is 282 g/mol. The molecule has 4 heteroatoms. The molecule has 0 aromatic carbocycles. The van der Waals surface area contributed by atoms with Crippen LogP contribution in [0.1, 0.15) is 47.0 Å². The fourth-order valence-electron chi connectivity index (χ4n) is 3.78. The molecule has 0 aromatic rings. The van der Waals surface area contributed by atoms with Gasteiger partial charge in [0, 0.05) is 25.2 Å². The second-order valence-electron chi connectivity index (χ2n) is 7.16. The maximum Gasteiger partial charge on any atom is 0.327 e. The highest BCUT2D eigenvalue weighted by molar-refractivity contribution is 5.82. The third-order valence-electron chi connectivity index (χ3n) is 4.74. The van der Waals surface area contributed by atoms with Crippen LogP contribution in [0.4, 0.5) is 0 Å². The fourth-order valence-corrected chi connectivity index (χ4v) is 3.78. The molecular weight excluding hydrogens is 252 g/mol. The van der Waals surface area contributed by atoms with Gasteiger partial charge < -0.3 is 4.74 Å². The van der Waals surface area contributed by atoms with Crippen molar-refractivity contribution in [3.8, 4) is 0 Å². The number of esters is 1. The van der Waals surface area contributed by atoms with Crippen LogP contribution in [0.2, 0.25) is 0 Å². The Bertz CT molecular complexity index is 354. The van der Waals surface area contributed by atoms with Gasteiger partial charge in [0.1, 0.15) is 5.54 Å². The maximum absolute atomic E-state index is 12.5. The van der Waals surface area contributed by atoms with Crippen molar-refractivity contribution in [1.82, 2.24) is 10.2 Å². The van der Waals surface area contributed by atoms with Crippen LogP contribution in [0.3, 0.4) is 0 Å². The lowest BCUT2D eigenvalue weighted by Crippen LogP contribution is -2.63. The van der Waals surface area contributed by atoms with Crippen LogP contribution in [0.5, 0.6) is 0 Å². The summed E-state index contributed by atoms with van der Waals surface area (Å²) >= 11 is 0. The van der Waals surface area contributed by atoms with E-state index in [-0.39, 0.29) is 12.0 Å². The molecule has 116 valence electrons. The predicted molar refractivity (Wildman–Crippen MR) is 80.6 cm³/mol. The summed E-state index contributed by atoms with van der Waals surface area (Å²) in [6.07, 6.45) is 3.49. The Balaban J connectivity index is 2.18. The number of hydrogen-bond acceptors (Lipinski definition) is 4. The Morgan fingerprint density at radius 2 is 2.05 bits per heavy atom. The van der Waals surface area contributed by atoms with Crippen molar-refractivity contribution in [2.75, 3.05) is 20.2 Å². The van der Waals surface area contributed by atoms with Gasteiger partial charge in [-0.05, 0) is 51.9 Å². The summed E-state index contributed by atoms with van der Waals surface area (Å²) in [5, 5.41) is 3.55. The Hall–Kier alpha value is -0.610. The van der Waals surface area contributed by atoms with E-state index in [0.29, 0.717) is 12.0 Å². The first-order chi connectivity index (χ1) is 9.39. The molecule has 1 saturated heterocycles. The van der Waals surface area contributed by atoms with Crippen molar-refractivity contribution >= 4 is 5.97 Å². The zero-order valence-electron chi connectivity index (χ0n) is 13.6. The first kappa shape index (κ1) is 15.8. The quantitative estimate of drug-likeness (QED) is 0.757. The van der Waals surface area contributed by atoms with Gasteiger partial charge in [0.25, 0.3) is 0 Å². The van der Waals surface area contributed by atoms with Gasteiger partial charge in [0.15, 0.2) is 0 Å². The molecule has 1 N–H and O–H groups in total. The van der Waals surface area contributed by atoms with Gasteiger partial charge in [-0.2, -0.15) is 0 Å². The van der Waals surface area contributed by atoms with Gasteiger partial charge in [-0.3, -0.25) is 10.2 Å². The third kappa shape index (κ3) is 3.17. The van der Waals surface area contributed by atoms with Gasteiger partial charge in [-0.15, -0.1) is 0 Å². The van der Waals surface area contributed by atoms with E-state index in [1.807, 2.05) is 0 Å². The average Bonchev–Trinajstić information content (AvgIpc) is 3.15. The van der Waals surface area contributed by atoms with Crippen LogP contribution < -0.4 is 5.32 Å². The molecule has 3 atom stereocenters. The second-order valence-corrected chi connectivity index (χ2v) is 7.16. The third-order valence-corrected chi connectivity index (χ3v) is 4.74. The van der Waals surface area contributed by atoms with Crippen LogP contribution in [-0.4, -0.2) is 48.7 Å². The smallest absolute Gasteiger partial charge is 0.327 e. The first-order valence-corrected chi connectivity index (χ1v) is 7.99. The molecule has 20 heavy (non-hydrogen) atoms. The molecule has 2 aliphatic rings. The monoisotopic (exact) mass is 282 g/mol. The molecule has 1 aliphatic heterocycles. The SMILES string of the molecule is COC(=O)C(CN1CC(C)CC1C)(NC(C)C)C1CC1. The van der Waals surface area contributed by atoms with E-state index in [4.69, 9.17) is 4.74 Å². The molecule has 3 unspecified atom stereocenters. The summed E-state index contributed by atoms with van der Waals surface area (Å²) in [4.78, 5) is 15.0. The summed E-state index contributed by atoms with van der Waals surface area (Å²) in [6, 6.07) is 0.840. The van der Waals surface area contributed by atoms with Crippen molar-refractivity contribution in [3.63, 3.8) is 0 Å². The molecule has 1 heterocycles. The lowest BCUT2D eigenvalue weighted by molar-refractivity contribution is -0.151. The first-order valence-electron chi connectivity index (χ1n) is 7.99. The minimum atomic E-state index is -0.513. The molecule has 1 saturated carbocycles. The number of nitrogens with zero attached hydrogens (tertiary/aromatic N) is 1. The molecule has 2 fully saturated rings. The topological polar surface area (TPSA) is 41.6 Å². The van der Waals surface area contributed by atoms with E-state index in [1.165, 1.54) is 13.5 Å². The number of ether oxygens (including phenoxy) is 1. The molecular formula is C16H30N2O2. The molecule has 0 bridgehead atoms. The van der Waals surface area contributed by atoms with Crippen LogP contribution in [0.15, 0.2) is 0 Å². The zero-order valence-corrected chi connectivity index (χ0v) is 13.6. The van der Waals surface area contributed by atoms with E-state index in [9.17, 15) is 4.79 Å². The number of rotatable bonds is 6. The lowest BCUT2D eigenvalue weighted by atomic mass is 9.91. The molecule has 0 radical (unpaired) electrons. The summed E-state index contributed by atoms with van der Waals surface area (Å²) in [5.41, 5.74) is -0.513. The van der Waals surface area contributed by atoms with E-state index >= 15 is 0 Å². The largest absolute Gasteiger partial charge is 0.468 e. The van der Waals surface area contributed by atoms with Gasteiger partial charge in [0.2, 0.25) is 0 Å². The van der Waals surface area contributed by atoms with E-state index in [1.54, 1.807) is 0 Å². The predicted octanol–water partition coefficient (Wildman–Crippen LogP) is 2.04. The molecule has 0 aromatic heterocycles. The van der Waals surface area contributed by atoms with Crippen molar-refractivity contribution in [2.24, 2.45) is 11.8 Å². The Morgan fingerprint density at radius 1 is 1.40 bits per heavy atom. The number of carbonyl (C=O) groups excluding carboxylic acids is 1. The van der Waals surface area contributed by atoms with E-state index < -0.39 is 5.54 Å². The number of carbonyl (C=O) groups is 1. The van der Waals surface area contributed by atoms with E-state index in [2.05, 4.69) is 37.9 Å². The molecule has 1 aliphatic carbocycles. The fraction of sp³-hybridized carbons (Fsp3) is 0.938. The Labute approximate surface area is 123 Å². The van der Waals surface area contributed by atoms with Crippen molar-refractivity contribution in [2.45, 2.75) is 64.6 Å². The Kier molecular flexibility index (Phi) is 4.75. The standard InChI is InChI=1S/C16H30N2O2/c1-11(2)17-16(14-6-7-14,15(19)20-5)10-18-9-12(3)8-13(18)4/h11-14,17H,6-10H2,1-5H3. The van der Waals surface area contributed by atoms with Crippen molar-refractivity contribution < 1.29 is 9.53 Å². The maximum atomic E-state index is 12.5. The summed E-state index contributed by atoms with van der Waals surface area (Å²) in [5.74, 6) is 1.07. The van der Waals surface area contributed by atoms with Gasteiger partial charge in [-0.1, -0.05) is 6.92 Å². The van der Waals surface area contributed by atoms with Crippen LogP contribution >= 0.6 is 0 Å². The second kappa shape index (κ2) is 6.02. The number of hydrogen-bond donors (Lipinski definition) is 1. The Morgan fingerprint density at radius 3 is 2.45 bits per heavy atom. The highest BCUT2D eigenvalue weighted by Crippen LogP contribution is 2.42. The minimum Gasteiger partial charge on any atom is -0.468 e. The molecule has 4 nitrogen and oxygen atoms in total. The highest BCUT2D eigenvalue weighted by Gasteiger charge is 2.53. The molecule has 0 amide bonds. The normalized spacial score (nSPS) is 30.5. The van der Waals surface area contributed by atoms with Crippen LogP contribution in [-0.2, 0) is 9.53 Å². The zero-order chi connectivity index (χ0) is 14.9. The number of methoxy groups -OCH3 is 1. The van der Waals surface area contributed by atoms with E-state index in [0.717, 1.165) is 31.8 Å².